The van der Waals surface area contributed by atoms with E-state index in [1.165, 1.54) is 0 Å². The smallest absolute Gasteiger partial charge is 0.428 e. The summed E-state index contributed by atoms with van der Waals surface area (Å²) >= 11 is 0. The van der Waals surface area contributed by atoms with Gasteiger partial charge in [0.05, 0.1) is 0 Å². The second-order valence-corrected chi connectivity index (χ2v) is 8.03. The second kappa shape index (κ2) is 14.4. The monoisotopic (exact) mass is 337 g/mol. The van der Waals surface area contributed by atoms with Crippen LogP contribution in [0.2, 0.25) is 6.04 Å². The molecule has 0 aliphatic carbocycles. The largest absolute Gasteiger partial charge is 0.500 e. The number of unbranched alkanes of at least 4 members (excludes halogenated alkanes) is 1. The van der Waals surface area contributed by atoms with Crippen LogP contribution in [-0.4, -0.2) is 59.7 Å². The fourth-order valence-corrected chi connectivity index (χ4v) is 3.17. The van der Waals surface area contributed by atoms with Crippen LogP contribution in [0.5, 0.6) is 0 Å². The molecule has 0 fully saturated rings. The van der Waals surface area contributed by atoms with E-state index in [0.29, 0.717) is 12.1 Å². The Labute approximate surface area is 133 Å². The van der Waals surface area contributed by atoms with Crippen LogP contribution in [0.15, 0.2) is 12.2 Å². The predicted octanol–water partition coefficient (Wildman–Crippen LogP) is 0.640. The molecular weight excluding hydrogens is 306 g/mol. The van der Waals surface area contributed by atoms with Gasteiger partial charge in [-0.3, -0.25) is 4.79 Å². The van der Waals surface area contributed by atoms with E-state index in [9.17, 15) is 4.79 Å². The summed E-state index contributed by atoms with van der Waals surface area (Å²) < 4.78 is 20.6. The van der Waals surface area contributed by atoms with Crippen molar-refractivity contribution in [1.82, 2.24) is 5.32 Å². The quantitative estimate of drug-likeness (QED) is 0.360. The van der Waals surface area contributed by atoms with Crippen LogP contribution in [-0.2, 0) is 22.5 Å². The summed E-state index contributed by atoms with van der Waals surface area (Å²) in [5.74, 6) is -0.0984. The summed E-state index contributed by atoms with van der Waals surface area (Å²) in [7, 11) is 3.24. The Hall–Kier alpha value is -0.516. The Morgan fingerprint density at radius 3 is 2.00 bits per heavy atom. The van der Waals surface area contributed by atoms with Crippen LogP contribution < -0.4 is 5.32 Å². The van der Waals surface area contributed by atoms with Gasteiger partial charge in [0.25, 0.3) is 0 Å². The van der Waals surface area contributed by atoms with Gasteiger partial charge in [-0.1, -0.05) is 6.58 Å². The molecule has 1 N–H and O–H groups in total. The zero-order valence-corrected chi connectivity index (χ0v) is 17.3. The molecule has 21 heavy (non-hydrogen) atoms. The Balaban J connectivity index is 0. The molecule has 6 nitrogen and oxygen atoms in total. The number of amides is 1. The molecule has 0 atom stereocenters. The van der Waals surface area contributed by atoms with Gasteiger partial charge < -0.3 is 23.0 Å². The van der Waals surface area contributed by atoms with Gasteiger partial charge in [0.1, 0.15) is 10.5 Å². The highest BCUT2D eigenvalue weighted by Crippen LogP contribution is 2.15. The summed E-state index contributed by atoms with van der Waals surface area (Å²) in [6.07, 6.45) is 1.75. The molecule has 0 spiro atoms. The lowest BCUT2D eigenvalue weighted by Gasteiger charge is -2.24. The summed E-state index contributed by atoms with van der Waals surface area (Å²) in [6, 6.07) is 0.749. The van der Waals surface area contributed by atoms with Gasteiger partial charge >= 0.3 is 8.80 Å². The predicted molar refractivity (Wildman–Crippen MR) is 90.2 cm³/mol. The van der Waals surface area contributed by atoms with Crippen molar-refractivity contribution >= 4 is 25.2 Å². The first kappa shape index (κ1) is 22.8. The molecule has 0 aliphatic heterocycles. The zero-order valence-electron chi connectivity index (χ0n) is 14.3. The Kier molecular flexibility index (Phi) is 15.6. The molecule has 0 radical (unpaired) electrons. The summed E-state index contributed by atoms with van der Waals surface area (Å²) in [4.78, 5) is 11.2. The van der Waals surface area contributed by atoms with E-state index >= 15 is 0 Å². The van der Waals surface area contributed by atoms with E-state index in [2.05, 4.69) is 16.3 Å². The van der Waals surface area contributed by atoms with Crippen molar-refractivity contribution in [2.75, 3.05) is 34.5 Å². The maximum atomic E-state index is 11.2. The Morgan fingerprint density at radius 2 is 1.67 bits per heavy atom. The van der Waals surface area contributed by atoms with Crippen molar-refractivity contribution in [3.8, 4) is 0 Å². The zero-order chi connectivity index (χ0) is 16.7. The number of hydrogen-bond donors (Lipinski definition) is 1. The molecule has 126 valence electrons. The van der Waals surface area contributed by atoms with Gasteiger partial charge in [-0.15, -0.1) is 0 Å². The third-order valence-electron chi connectivity index (χ3n) is 2.80. The van der Waals surface area contributed by atoms with Crippen LogP contribution in [0.1, 0.15) is 26.7 Å². The minimum absolute atomic E-state index is 0.0984. The van der Waals surface area contributed by atoms with Crippen LogP contribution in [0.25, 0.3) is 0 Å². The molecule has 0 rings (SSSR count). The summed E-state index contributed by atoms with van der Waals surface area (Å²) in [5, 5.41) is 2.78. The van der Waals surface area contributed by atoms with E-state index < -0.39 is 8.80 Å². The van der Waals surface area contributed by atoms with Crippen LogP contribution in [0, 0.1) is 0 Å². The molecule has 0 unspecified atom stereocenters. The first-order valence-corrected chi connectivity index (χ1v) is 9.75. The molecule has 0 aromatic rings. The van der Waals surface area contributed by atoms with Crippen LogP contribution in [0.4, 0.5) is 0 Å². The lowest BCUT2D eigenvalue weighted by molar-refractivity contribution is -0.117. The van der Waals surface area contributed by atoms with E-state index in [4.69, 9.17) is 13.3 Å². The summed E-state index contributed by atoms with van der Waals surface area (Å²) in [6.45, 7) is 8.76. The number of carbonyl (C=O) groups is 1. The first-order valence-electron chi connectivity index (χ1n) is 7.01. The maximum Gasteiger partial charge on any atom is 0.500 e. The maximum absolute atomic E-state index is 11.2. The van der Waals surface area contributed by atoms with Crippen molar-refractivity contribution in [2.45, 2.75) is 32.7 Å². The lowest BCUT2D eigenvalue weighted by Crippen LogP contribution is -2.42. The molecule has 0 aromatic carbocycles. The standard InChI is InChI=1S/C11H23NO4Si.C2H8OSi/c1-10(2)11(13)12-8-6-7-9-17(14-3,15-4)16-5;1-2-3-4/h1,6-9H2,2-5H3,(H,12,13);2H2,1,4H3. The highest BCUT2D eigenvalue weighted by molar-refractivity contribution is 6.60. The highest BCUT2D eigenvalue weighted by Gasteiger charge is 2.36. The van der Waals surface area contributed by atoms with Crippen LogP contribution in [0.3, 0.4) is 0 Å². The summed E-state index contributed by atoms with van der Waals surface area (Å²) in [5.41, 5.74) is 0.527. The van der Waals surface area contributed by atoms with Crippen LogP contribution >= 0.6 is 0 Å². The normalized spacial score (nSPS) is 10.7. The number of carbonyl (C=O) groups excluding carboxylic acids is 1. The fourth-order valence-electron chi connectivity index (χ4n) is 1.38. The third-order valence-corrected chi connectivity index (χ3v) is 6.21. The van der Waals surface area contributed by atoms with Crippen molar-refractivity contribution in [1.29, 1.82) is 0 Å². The van der Waals surface area contributed by atoms with Gasteiger partial charge in [-0.25, -0.2) is 0 Å². The molecule has 0 aliphatic rings. The van der Waals surface area contributed by atoms with Crippen molar-refractivity contribution in [3.63, 3.8) is 0 Å². The molecule has 0 heterocycles. The SMILES string of the molecule is C=C(C)C(=O)NCCCC[Si](OC)(OC)OC.CCO[SiH3]. The van der Waals surface area contributed by atoms with E-state index in [1.807, 2.05) is 6.92 Å². The first-order chi connectivity index (χ1) is 9.92. The molecule has 8 heteroatoms. The third kappa shape index (κ3) is 11.8. The van der Waals surface area contributed by atoms with Gasteiger partial charge in [0.15, 0.2) is 0 Å². The second-order valence-electron chi connectivity index (χ2n) is 4.37. The van der Waals surface area contributed by atoms with Crippen molar-refractivity contribution in [3.05, 3.63) is 12.2 Å². The van der Waals surface area contributed by atoms with Crippen molar-refractivity contribution in [2.24, 2.45) is 0 Å². The Morgan fingerprint density at radius 1 is 1.19 bits per heavy atom. The molecule has 0 saturated heterocycles. The van der Waals surface area contributed by atoms with Gasteiger partial charge in [0.2, 0.25) is 5.91 Å². The fraction of sp³-hybridized carbons (Fsp3) is 0.769. The van der Waals surface area contributed by atoms with Gasteiger partial charge in [0, 0.05) is 46.1 Å². The van der Waals surface area contributed by atoms with E-state index in [0.717, 1.165) is 36.0 Å². The molecule has 0 aromatic heterocycles. The molecular formula is C13H31NO5Si2. The molecule has 1 amide bonds. The number of rotatable bonds is 10. The average molecular weight is 338 g/mol. The molecule has 0 saturated carbocycles. The Bertz CT molecular complexity index is 275. The lowest BCUT2D eigenvalue weighted by atomic mass is 10.3. The highest BCUT2D eigenvalue weighted by atomic mass is 28.4. The molecule has 0 bridgehead atoms. The van der Waals surface area contributed by atoms with Gasteiger partial charge in [-0.2, -0.15) is 0 Å². The van der Waals surface area contributed by atoms with Crippen molar-refractivity contribution < 1.29 is 22.5 Å². The minimum Gasteiger partial charge on any atom is -0.428 e. The van der Waals surface area contributed by atoms with Gasteiger partial charge in [-0.05, 0) is 26.7 Å². The number of hydrogen-bond acceptors (Lipinski definition) is 5. The van der Waals surface area contributed by atoms with E-state index in [-0.39, 0.29) is 5.91 Å². The average Bonchev–Trinajstić information content (AvgIpc) is 2.51. The van der Waals surface area contributed by atoms with E-state index in [1.54, 1.807) is 28.3 Å². The minimum atomic E-state index is -2.45. The topological polar surface area (TPSA) is 66.0 Å². The number of nitrogens with one attached hydrogen (secondary N) is 1.